The zero-order valence-corrected chi connectivity index (χ0v) is 17.5. The first-order valence-electron chi connectivity index (χ1n) is 9.95. The molecule has 0 unspecified atom stereocenters. The molecule has 0 aliphatic carbocycles. The molecule has 3 rings (SSSR count). The Morgan fingerprint density at radius 1 is 1.32 bits per heavy atom. The Hall–Kier alpha value is -2.63. The van der Waals surface area contributed by atoms with E-state index in [0.29, 0.717) is 17.5 Å². The topological polar surface area (TPSA) is 63.1 Å². The molecule has 1 N–H and O–H groups in total. The van der Waals surface area contributed by atoms with Gasteiger partial charge >= 0.3 is 0 Å². The lowest BCUT2D eigenvalue weighted by Crippen LogP contribution is -2.32. The number of hydrogen-bond donors (Lipinski definition) is 1. The molecule has 0 aromatic carbocycles. The summed E-state index contributed by atoms with van der Waals surface area (Å²) >= 11 is 0. The average molecular weight is 382 g/mol. The summed E-state index contributed by atoms with van der Waals surface area (Å²) in [5.74, 6) is 0.679. The summed E-state index contributed by atoms with van der Waals surface area (Å²) in [5.41, 5.74) is 3.82. The largest absolute Gasteiger partial charge is 0.356 e. The quantitative estimate of drug-likeness (QED) is 0.802. The van der Waals surface area contributed by atoms with Gasteiger partial charge in [-0.2, -0.15) is 5.10 Å². The van der Waals surface area contributed by atoms with Gasteiger partial charge in [0.05, 0.1) is 11.8 Å². The zero-order valence-electron chi connectivity index (χ0n) is 17.5. The van der Waals surface area contributed by atoms with Gasteiger partial charge in [0.1, 0.15) is 5.82 Å². The maximum Gasteiger partial charge on any atom is 0.255 e. The van der Waals surface area contributed by atoms with Gasteiger partial charge in [-0.15, -0.1) is 6.58 Å². The average Bonchev–Trinajstić information content (AvgIpc) is 2.99. The molecule has 28 heavy (non-hydrogen) atoms. The van der Waals surface area contributed by atoms with Crippen molar-refractivity contribution in [2.45, 2.75) is 40.0 Å². The van der Waals surface area contributed by atoms with Gasteiger partial charge in [0.25, 0.3) is 5.91 Å². The minimum absolute atomic E-state index is 0.103. The third-order valence-corrected chi connectivity index (χ3v) is 5.61. The molecule has 0 spiro atoms. The zero-order chi connectivity index (χ0) is 20.3. The van der Waals surface area contributed by atoms with Crippen LogP contribution < -0.4 is 10.2 Å². The Balaban J connectivity index is 2.04. The fourth-order valence-electron chi connectivity index (χ4n) is 3.84. The number of nitrogens with zero attached hydrogens (tertiary/aromatic N) is 4. The first-order chi connectivity index (χ1) is 13.3. The van der Waals surface area contributed by atoms with Crippen LogP contribution >= 0.6 is 0 Å². The van der Waals surface area contributed by atoms with E-state index in [9.17, 15) is 4.79 Å². The maximum absolute atomic E-state index is 13.0. The minimum Gasteiger partial charge on any atom is -0.356 e. The molecule has 0 radical (unpaired) electrons. The summed E-state index contributed by atoms with van der Waals surface area (Å²) < 4.78 is 1.76. The van der Waals surface area contributed by atoms with Crippen LogP contribution in [0.3, 0.4) is 0 Å². The summed E-state index contributed by atoms with van der Waals surface area (Å²) in [6, 6.07) is 0. The van der Waals surface area contributed by atoms with Gasteiger partial charge in [-0.05, 0) is 37.2 Å². The second-order valence-corrected chi connectivity index (χ2v) is 8.40. The van der Waals surface area contributed by atoms with Crippen LogP contribution in [0.4, 0.5) is 5.82 Å². The number of aryl methyl sites for hydroxylation is 1. The number of anilines is 1. The highest BCUT2D eigenvalue weighted by molar-refractivity contribution is 6.02. The minimum atomic E-state index is -0.103. The van der Waals surface area contributed by atoms with E-state index in [1.54, 1.807) is 10.8 Å². The van der Waals surface area contributed by atoms with Crippen molar-refractivity contribution in [2.24, 2.45) is 12.5 Å². The second-order valence-electron chi connectivity index (χ2n) is 8.40. The lowest BCUT2D eigenvalue weighted by molar-refractivity contribution is 0.0957. The van der Waals surface area contributed by atoms with Crippen LogP contribution in [-0.4, -0.2) is 40.3 Å². The van der Waals surface area contributed by atoms with Crippen molar-refractivity contribution in [3.63, 3.8) is 0 Å². The van der Waals surface area contributed by atoms with Gasteiger partial charge < -0.3 is 10.2 Å². The Kier molecular flexibility index (Phi) is 5.87. The van der Waals surface area contributed by atoms with E-state index in [1.807, 2.05) is 32.6 Å². The molecule has 2 aromatic rings. The predicted octanol–water partition coefficient (Wildman–Crippen LogP) is 3.72. The number of aromatic nitrogens is 3. The Morgan fingerprint density at radius 3 is 2.79 bits per heavy atom. The summed E-state index contributed by atoms with van der Waals surface area (Å²) in [5, 5.41) is 7.20. The van der Waals surface area contributed by atoms with Crippen LogP contribution in [0.25, 0.3) is 11.1 Å². The summed E-state index contributed by atoms with van der Waals surface area (Å²) in [4.78, 5) is 20.1. The molecule has 1 fully saturated rings. The van der Waals surface area contributed by atoms with E-state index in [2.05, 4.69) is 35.7 Å². The van der Waals surface area contributed by atoms with Crippen molar-refractivity contribution in [1.29, 1.82) is 0 Å². The normalized spacial score (nSPS) is 16.5. The Labute approximate surface area is 167 Å². The molecule has 0 saturated carbocycles. The molecule has 1 amide bonds. The van der Waals surface area contributed by atoms with E-state index < -0.39 is 0 Å². The molecule has 0 bridgehead atoms. The van der Waals surface area contributed by atoms with E-state index in [0.717, 1.165) is 48.4 Å². The molecule has 1 saturated heterocycles. The standard InChI is InChI=1S/C22H31N5O/c1-6-10-23-21(28)19-16(2)18(17-13-25-26(5)15-17)14-24-20(19)27-11-7-8-22(3,4)9-12-27/h6,13-15H,1,7-12H2,2-5H3,(H,23,28). The van der Waals surface area contributed by atoms with E-state index in [4.69, 9.17) is 4.98 Å². The van der Waals surface area contributed by atoms with E-state index in [1.165, 1.54) is 6.42 Å². The molecular formula is C22H31N5O. The van der Waals surface area contributed by atoms with Gasteiger partial charge in [-0.1, -0.05) is 19.9 Å². The van der Waals surface area contributed by atoms with Crippen molar-refractivity contribution in [1.82, 2.24) is 20.1 Å². The second kappa shape index (κ2) is 8.17. The third-order valence-electron chi connectivity index (χ3n) is 5.61. The maximum atomic E-state index is 13.0. The molecule has 1 aliphatic heterocycles. The van der Waals surface area contributed by atoms with Crippen molar-refractivity contribution in [3.8, 4) is 11.1 Å². The van der Waals surface area contributed by atoms with Crippen molar-refractivity contribution in [3.05, 3.63) is 42.4 Å². The highest BCUT2D eigenvalue weighted by Crippen LogP contribution is 2.34. The fourth-order valence-corrected chi connectivity index (χ4v) is 3.84. The highest BCUT2D eigenvalue weighted by Gasteiger charge is 2.28. The molecule has 6 nitrogen and oxygen atoms in total. The van der Waals surface area contributed by atoms with Crippen LogP contribution in [0, 0.1) is 12.3 Å². The Bertz CT molecular complexity index is 868. The van der Waals surface area contributed by atoms with Gasteiger partial charge in [-0.3, -0.25) is 9.48 Å². The third kappa shape index (κ3) is 4.26. The number of pyridine rings is 1. The lowest BCUT2D eigenvalue weighted by atomic mass is 9.85. The molecule has 3 heterocycles. The van der Waals surface area contributed by atoms with Crippen LogP contribution in [0.5, 0.6) is 0 Å². The van der Waals surface area contributed by atoms with Crippen LogP contribution in [0.1, 0.15) is 49.0 Å². The number of carbonyl (C=O) groups is 1. The number of amides is 1. The predicted molar refractivity (Wildman–Crippen MR) is 114 cm³/mol. The first-order valence-corrected chi connectivity index (χ1v) is 9.95. The fraction of sp³-hybridized carbons (Fsp3) is 0.500. The van der Waals surface area contributed by atoms with Crippen LogP contribution in [0.15, 0.2) is 31.2 Å². The van der Waals surface area contributed by atoms with Crippen LogP contribution in [0.2, 0.25) is 0 Å². The molecule has 150 valence electrons. The SMILES string of the molecule is C=CCNC(=O)c1c(N2CCCC(C)(C)CC2)ncc(-c2cnn(C)c2)c1C. The van der Waals surface area contributed by atoms with Crippen molar-refractivity contribution in [2.75, 3.05) is 24.5 Å². The van der Waals surface area contributed by atoms with Gasteiger partial charge in [0.2, 0.25) is 0 Å². The lowest BCUT2D eigenvalue weighted by Gasteiger charge is -2.27. The van der Waals surface area contributed by atoms with Gasteiger partial charge in [0.15, 0.2) is 0 Å². The van der Waals surface area contributed by atoms with Gasteiger partial charge in [0, 0.05) is 50.2 Å². The van der Waals surface area contributed by atoms with Crippen molar-refractivity contribution < 1.29 is 4.79 Å². The molecule has 0 atom stereocenters. The smallest absolute Gasteiger partial charge is 0.255 e. The monoisotopic (exact) mass is 381 g/mol. The molecule has 1 aliphatic rings. The number of hydrogen-bond acceptors (Lipinski definition) is 4. The summed E-state index contributed by atoms with van der Waals surface area (Å²) in [7, 11) is 1.89. The van der Waals surface area contributed by atoms with Crippen LogP contribution in [-0.2, 0) is 7.05 Å². The van der Waals surface area contributed by atoms with E-state index >= 15 is 0 Å². The Morgan fingerprint density at radius 2 is 2.11 bits per heavy atom. The molecular weight excluding hydrogens is 350 g/mol. The first kappa shape index (κ1) is 20.1. The van der Waals surface area contributed by atoms with Gasteiger partial charge in [-0.25, -0.2) is 4.98 Å². The summed E-state index contributed by atoms with van der Waals surface area (Å²) in [6.07, 6.45) is 10.7. The van der Waals surface area contributed by atoms with Crippen molar-refractivity contribution >= 4 is 11.7 Å². The molecule has 2 aromatic heterocycles. The number of nitrogens with one attached hydrogen (secondary N) is 1. The number of rotatable bonds is 5. The summed E-state index contributed by atoms with van der Waals surface area (Å²) in [6.45, 7) is 12.6. The highest BCUT2D eigenvalue weighted by atomic mass is 16.1. The van der Waals surface area contributed by atoms with E-state index in [-0.39, 0.29) is 5.91 Å². The number of carbonyl (C=O) groups excluding carboxylic acids is 1. The molecule has 6 heteroatoms.